The summed E-state index contributed by atoms with van der Waals surface area (Å²) in [5.41, 5.74) is 2.66. The molecule has 5 nitrogen and oxygen atoms in total. The van der Waals surface area contributed by atoms with Gasteiger partial charge in [0.05, 0.1) is 10.9 Å². The van der Waals surface area contributed by atoms with E-state index in [0.29, 0.717) is 36.0 Å². The molecule has 0 saturated heterocycles. The quantitative estimate of drug-likeness (QED) is 0.629. The zero-order valence-corrected chi connectivity index (χ0v) is 15.6. The minimum absolute atomic E-state index is 0.0283. The number of aromatic amines is 1. The predicted octanol–water partition coefficient (Wildman–Crippen LogP) is 4.23. The molecule has 0 aliphatic heterocycles. The lowest BCUT2D eigenvalue weighted by Crippen LogP contribution is -2.14. The van der Waals surface area contributed by atoms with Crippen LogP contribution < -0.4 is 10.9 Å². The molecule has 0 bridgehead atoms. The molecule has 140 valence electrons. The van der Waals surface area contributed by atoms with Gasteiger partial charge in [-0.3, -0.25) is 9.59 Å². The third-order valence-electron chi connectivity index (χ3n) is 4.54. The zero-order chi connectivity index (χ0) is 19.1. The molecule has 1 aromatic heterocycles. The molecule has 2 N–H and O–H groups in total. The summed E-state index contributed by atoms with van der Waals surface area (Å²) in [7, 11) is 0. The van der Waals surface area contributed by atoms with Crippen LogP contribution >= 0.6 is 0 Å². The summed E-state index contributed by atoms with van der Waals surface area (Å²) in [4.78, 5) is 31.5. The monoisotopic (exact) mass is 363 g/mol. The number of para-hydroxylation sites is 1. The first kappa shape index (κ1) is 18.8. The SMILES string of the molecule is CCCCc1ccc(NC(=O)CCCc2nc3ccccc3c(=O)[nH]2)cc1. The maximum atomic E-state index is 12.1. The molecular formula is C22H25N3O2. The van der Waals surface area contributed by atoms with E-state index in [4.69, 9.17) is 0 Å². The molecule has 0 unspecified atom stereocenters. The van der Waals surface area contributed by atoms with Crippen LogP contribution in [0, 0.1) is 0 Å². The number of fused-ring (bicyclic) bond motifs is 1. The zero-order valence-electron chi connectivity index (χ0n) is 15.6. The molecule has 2 aromatic carbocycles. The number of rotatable bonds is 8. The third kappa shape index (κ3) is 5.26. The number of amides is 1. The highest BCUT2D eigenvalue weighted by Crippen LogP contribution is 2.13. The van der Waals surface area contributed by atoms with Crippen molar-refractivity contribution in [3.05, 3.63) is 70.3 Å². The van der Waals surface area contributed by atoms with E-state index in [1.54, 1.807) is 6.07 Å². The molecule has 0 saturated carbocycles. The van der Waals surface area contributed by atoms with Crippen LogP contribution in [0.15, 0.2) is 53.3 Å². The summed E-state index contributed by atoms with van der Waals surface area (Å²) < 4.78 is 0. The Labute approximate surface area is 158 Å². The highest BCUT2D eigenvalue weighted by molar-refractivity contribution is 5.90. The number of hydrogen-bond donors (Lipinski definition) is 2. The van der Waals surface area contributed by atoms with Gasteiger partial charge in [0.15, 0.2) is 0 Å². The molecule has 0 aliphatic carbocycles. The normalized spacial score (nSPS) is 10.9. The molecular weight excluding hydrogens is 338 g/mol. The largest absolute Gasteiger partial charge is 0.326 e. The first-order valence-corrected chi connectivity index (χ1v) is 9.52. The average molecular weight is 363 g/mol. The fraction of sp³-hybridized carbons (Fsp3) is 0.318. The maximum absolute atomic E-state index is 12.1. The van der Waals surface area contributed by atoms with Gasteiger partial charge in [-0.1, -0.05) is 37.6 Å². The summed E-state index contributed by atoms with van der Waals surface area (Å²) in [5, 5.41) is 3.51. The van der Waals surface area contributed by atoms with Crippen LogP contribution in [0.25, 0.3) is 10.9 Å². The van der Waals surface area contributed by atoms with Crippen molar-refractivity contribution in [3.8, 4) is 0 Å². The first-order valence-electron chi connectivity index (χ1n) is 9.52. The van der Waals surface area contributed by atoms with Crippen molar-refractivity contribution in [1.29, 1.82) is 0 Å². The minimum atomic E-state index is -0.136. The van der Waals surface area contributed by atoms with Gasteiger partial charge in [0.1, 0.15) is 5.82 Å². The smallest absolute Gasteiger partial charge is 0.258 e. The molecule has 0 fully saturated rings. The number of unbranched alkanes of at least 4 members (excludes halogenated alkanes) is 1. The minimum Gasteiger partial charge on any atom is -0.326 e. The summed E-state index contributed by atoms with van der Waals surface area (Å²) >= 11 is 0. The van der Waals surface area contributed by atoms with E-state index in [-0.39, 0.29) is 11.5 Å². The Morgan fingerprint density at radius 2 is 1.81 bits per heavy atom. The van der Waals surface area contributed by atoms with Crippen molar-refractivity contribution < 1.29 is 4.79 Å². The van der Waals surface area contributed by atoms with Crippen molar-refractivity contribution in [2.45, 2.75) is 45.4 Å². The Hall–Kier alpha value is -2.95. The van der Waals surface area contributed by atoms with E-state index >= 15 is 0 Å². The Balaban J connectivity index is 1.50. The summed E-state index contributed by atoms with van der Waals surface area (Å²) in [5.74, 6) is 0.589. The number of H-pyrrole nitrogens is 1. The van der Waals surface area contributed by atoms with Gasteiger partial charge in [-0.2, -0.15) is 0 Å². The third-order valence-corrected chi connectivity index (χ3v) is 4.54. The van der Waals surface area contributed by atoms with Crippen molar-refractivity contribution in [2.75, 3.05) is 5.32 Å². The lowest BCUT2D eigenvalue weighted by atomic mass is 10.1. The van der Waals surface area contributed by atoms with Crippen LogP contribution in [0.4, 0.5) is 5.69 Å². The predicted molar refractivity (Wildman–Crippen MR) is 109 cm³/mol. The first-order chi connectivity index (χ1) is 13.2. The topological polar surface area (TPSA) is 74.8 Å². The summed E-state index contributed by atoms with van der Waals surface area (Å²) in [6, 6.07) is 15.3. The number of nitrogens with one attached hydrogen (secondary N) is 2. The van der Waals surface area contributed by atoms with Crippen LogP contribution in [-0.2, 0) is 17.6 Å². The number of carbonyl (C=O) groups excluding carboxylic acids is 1. The number of hydrogen-bond acceptors (Lipinski definition) is 3. The van der Waals surface area contributed by atoms with Gasteiger partial charge in [0.25, 0.3) is 5.56 Å². The van der Waals surface area contributed by atoms with E-state index in [0.717, 1.165) is 12.1 Å². The van der Waals surface area contributed by atoms with Crippen molar-refractivity contribution in [3.63, 3.8) is 0 Å². The van der Waals surface area contributed by atoms with E-state index in [1.165, 1.54) is 18.4 Å². The van der Waals surface area contributed by atoms with E-state index < -0.39 is 0 Å². The molecule has 0 aliphatic rings. The van der Waals surface area contributed by atoms with Gasteiger partial charge in [0.2, 0.25) is 5.91 Å². The van der Waals surface area contributed by atoms with Crippen LogP contribution in [0.2, 0.25) is 0 Å². The lowest BCUT2D eigenvalue weighted by molar-refractivity contribution is -0.116. The van der Waals surface area contributed by atoms with Gasteiger partial charge in [-0.15, -0.1) is 0 Å². The molecule has 3 rings (SSSR count). The highest BCUT2D eigenvalue weighted by atomic mass is 16.1. The van der Waals surface area contributed by atoms with E-state index in [9.17, 15) is 9.59 Å². The second kappa shape index (κ2) is 9.12. The van der Waals surface area contributed by atoms with Gasteiger partial charge >= 0.3 is 0 Å². The molecule has 1 heterocycles. The van der Waals surface area contributed by atoms with Crippen molar-refractivity contribution >= 4 is 22.5 Å². The molecule has 0 radical (unpaired) electrons. The number of aryl methyl sites for hydroxylation is 2. The Bertz CT molecular complexity index is 961. The highest BCUT2D eigenvalue weighted by Gasteiger charge is 2.06. The van der Waals surface area contributed by atoms with Gasteiger partial charge in [-0.25, -0.2) is 4.98 Å². The Kier molecular flexibility index (Phi) is 6.36. The number of nitrogens with zero attached hydrogens (tertiary/aromatic N) is 1. The fourth-order valence-corrected chi connectivity index (χ4v) is 3.03. The second-order valence-corrected chi connectivity index (χ2v) is 6.73. The number of aromatic nitrogens is 2. The number of benzene rings is 2. The standard InChI is InChI=1S/C22H25N3O2/c1-2-3-7-16-12-14-17(15-13-16)23-21(26)11-6-10-20-24-19-9-5-4-8-18(19)22(27)25-20/h4-5,8-9,12-15H,2-3,6-7,10-11H2,1H3,(H,23,26)(H,24,25,27). The fourth-order valence-electron chi connectivity index (χ4n) is 3.03. The van der Waals surface area contributed by atoms with Crippen LogP contribution in [0.3, 0.4) is 0 Å². The van der Waals surface area contributed by atoms with Gasteiger partial charge in [0, 0.05) is 18.5 Å². The van der Waals surface area contributed by atoms with Crippen molar-refractivity contribution in [1.82, 2.24) is 9.97 Å². The molecule has 0 atom stereocenters. The van der Waals surface area contributed by atoms with E-state index in [1.807, 2.05) is 30.3 Å². The molecule has 5 heteroatoms. The van der Waals surface area contributed by atoms with Crippen molar-refractivity contribution in [2.24, 2.45) is 0 Å². The van der Waals surface area contributed by atoms with Gasteiger partial charge < -0.3 is 10.3 Å². The van der Waals surface area contributed by atoms with Crippen LogP contribution in [0.1, 0.15) is 44.0 Å². The summed E-state index contributed by atoms with van der Waals surface area (Å²) in [6.45, 7) is 2.18. The maximum Gasteiger partial charge on any atom is 0.258 e. The molecule has 1 amide bonds. The Morgan fingerprint density at radius 3 is 2.59 bits per heavy atom. The van der Waals surface area contributed by atoms with Crippen LogP contribution in [0.5, 0.6) is 0 Å². The second-order valence-electron chi connectivity index (χ2n) is 6.73. The van der Waals surface area contributed by atoms with E-state index in [2.05, 4.69) is 34.3 Å². The molecule has 27 heavy (non-hydrogen) atoms. The number of anilines is 1. The molecule has 0 spiro atoms. The van der Waals surface area contributed by atoms with Gasteiger partial charge in [-0.05, 0) is 49.1 Å². The summed E-state index contributed by atoms with van der Waals surface area (Å²) in [6.07, 6.45) is 4.99. The number of carbonyl (C=O) groups is 1. The molecule has 3 aromatic rings. The van der Waals surface area contributed by atoms with Crippen LogP contribution in [-0.4, -0.2) is 15.9 Å². The average Bonchev–Trinajstić information content (AvgIpc) is 2.67. The Morgan fingerprint density at radius 1 is 1.04 bits per heavy atom. The lowest BCUT2D eigenvalue weighted by Gasteiger charge is -2.07.